The summed E-state index contributed by atoms with van der Waals surface area (Å²) >= 11 is 6.02. The normalized spacial score (nSPS) is 11.6. The largest absolute Gasteiger partial charge is 0.340 e. The van der Waals surface area contributed by atoms with Gasteiger partial charge in [-0.3, -0.25) is 4.79 Å². The number of hydrogen-bond acceptors (Lipinski definition) is 4. The summed E-state index contributed by atoms with van der Waals surface area (Å²) in [7, 11) is -1.87. The maximum Gasteiger partial charge on any atom is 0.237 e. The van der Waals surface area contributed by atoms with Crippen molar-refractivity contribution in [2.45, 2.75) is 25.6 Å². The van der Waals surface area contributed by atoms with Gasteiger partial charge in [-0.15, -0.1) is 0 Å². The summed E-state index contributed by atoms with van der Waals surface area (Å²) in [6.07, 6.45) is 1.86. The van der Waals surface area contributed by atoms with E-state index in [0.717, 1.165) is 16.8 Å². The third kappa shape index (κ3) is 5.09. The monoisotopic (exact) mass is 445 g/mol. The lowest BCUT2D eigenvalue weighted by Crippen LogP contribution is -2.34. The van der Waals surface area contributed by atoms with E-state index in [4.69, 9.17) is 16.7 Å². The lowest BCUT2D eigenvalue weighted by molar-refractivity contribution is -0.127. The molecule has 0 radical (unpaired) electrons. The smallest absolute Gasteiger partial charge is 0.237 e. The maximum absolute atomic E-state index is 12.5. The number of carbonyl (C=O) groups is 1. The van der Waals surface area contributed by atoms with Gasteiger partial charge >= 0.3 is 0 Å². The predicted molar refractivity (Wildman–Crippen MR) is 119 cm³/mol. The molecule has 0 spiro atoms. The number of aromatic nitrogens is 2. The quantitative estimate of drug-likeness (QED) is 0.551. The first kappa shape index (κ1) is 22.1. The third-order valence-electron chi connectivity index (χ3n) is 4.80. The molecule has 0 bridgehead atoms. The number of para-hydroxylation sites is 1. The molecule has 0 aliphatic carbocycles. The van der Waals surface area contributed by atoms with Crippen molar-refractivity contribution in [1.82, 2.24) is 14.7 Å². The van der Waals surface area contributed by atoms with E-state index >= 15 is 0 Å². The maximum atomic E-state index is 12.5. The van der Waals surface area contributed by atoms with Gasteiger partial charge in [-0.1, -0.05) is 41.9 Å². The first-order chi connectivity index (χ1) is 14.2. The summed E-state index contributed by atoms with van der Waals surface area (Å²) in [6.45, 7) is 3.38. The molecule has 1 heterocycles. The van der Waals surface area contributed by atoms with Gasteiger partial charge in [0, 0.05) is 35.9 Å². The van der Waals surface area contributed by atoms with Crippen LogP contribution in [0.2, 0.25) is 5.02 Å². The Bertz CT molecular complexity index is 1120. The number of sulfone groups is 1. The number of hydrogen-bond donors (Lipinski definition) is 0. The van der Waals surface area contributed by atoms with Crippen molar-refractivity contribution in [3.8, 4) is 16.9 Å². The molecule has 3 rings (SSSR count). The molecule has 0 N–H and O–H groups in total. The van der Waals surface area contributed by atoms with Crippen LogP contribution in [-0.2, 0) is 21.2 Å². The zero-order chi connectivity index (χ0) is 21.9. The van der Waals surface area contributed by atoms with Gasteiger partial charge in [0.15, 0.2) is 9.84 Å². The number of rotatable bonds is 7. The van der Waals surface area contributed by atoms with Crippen LogP contribution in [-0.4, -0.2) is 47.1 Å². The molecule has 8 heteroatoms. The van der Waals surface area contributed by atoms with Gasteiger partial charge in [-0.05, 0) is 38.1 Å². The Labute approximate surface area is 182 Å². The lowest BCUT2D eigenvalue weighted by Gasteiger charge is -2.18. The second-order valence-corrected chi connectivity index (χ2v) is 10.4. The van der Waals surface area contributed by atoms with Crippen molar-refractivity contribution in [3.63, 3.8) is 0 Å². The van der Waals surface area contributed by atoms with Gasteiger partial charge in [-0.25, -0.2) is 13.1 Å². The number of amides is 1. The fourth-order valence-corrected chi connectivity index (χ4v) is 3.91. The van der Waals surface area contributed by atoms with Crippen molar-refractivity contribution >= 4 is 27.3 Å². The molecule has 0 aliphatic heterocycles. The van der Waals surface area contributed by atoms with Crippen LogP contribution in [0.1, 0.15) is 19.4 Å². The van der Waals surface area contributed by atoms with Crippen molar-refractivity contribution in [2.75, 3.05) is 12.8 Å². The molecule has 1 aromatic heterocycles. The van der Waals surface area contributed by atoms with Gasteiger partial charge < -0.3 is 4.90 Å². The Balaban J connectivity index is 1.93. The Morgan fingerprint density at radius 1 is 1.10 bits per heavy atom. The average Bonchev–Trinajstić information content (AvgIpc) is 3.12. The molecule has 6 nitrogen and oxygen atoms in total. The number of nitrogens with zero attached hydrogens (tertiary/aromatic N) is 3. The summed E-state index contributed by atoms with van der Waals surface area (Å²) in [5.74, 6) is -0.956. The molecule has 0 aliphatic rings. The van der Waals surface area contributed by atoms with Gasteiger partial charge in [-0.2, -0.15) is 5.10 Å². The summed E-state index contributed by atoms with van der Waals surface area (Å²) < 4.78 is 26.0. The third-order valence-corrected chi connectivity index (χ3v) is 7.14. The van der Waals surface area contributed by atoms with E-state index in [1.54, 1.807) is 37.7 Å². The van der Waals surface area contributed by atoms with Crippen LogP contribution in [0.25, 0.3) is 16.9 Å². The molecule has 3 aromatic rings. The van der Waals surface area contributed by atoms with E-state index in [1.165, 1.54) is 4.90 Å². The van der Waals surface area contributed by atoms with Crippen LogP contribution in [0.3, 0.4) is 0 Å². The lowest BCUT2D eigenvalue weighted by atomic mass is 10.1. The molecule has 0 saturated heterocycles. The first-order valence-corrected chi connectivity index (χ1v) is 11.6. The number of benzene rings is 2. The summed E-state index contributed by atoms with van der Waals surface area (Å²) in [6, 6.07) is 17.0. The van der Waals surface area contributed by atoms with Crippen molar-refractivity contribution < 1.29 is 13.2 Å². The van der Waals surface area contributed by atoms with Crippen molar-refractivity contribution in [1.29, 1.82) is 0 Å². The second kappa shape index (κ2) is 9.02. The molecule has 0 saturated carbocycles. The Hall–Kier alpha value is -2.64. The molecule has 0 unspecified atom stereocenters. The van der Waals surface area contributed by atoms with Crippen LogP contribution >= 0.6 is 11.6 Å². The fraction of sp³-hybridized carbons (Fsp3) is 0.273. The van der Waals surface area contributed by atoms with E-state index < -0.39 is 26.7 Å². The van der Waals surface area contributed by atoms with Crippen LogP contribution in [0.4, 0.5) is 0 Å². The molecule has 2 aromatic carbocycles. The number of halogens is 1. The second-order valence-electron chi connectivity index (χ2n) is 7.40. The Kier molecular flexibility index (Phi) is 6.63. The Morgan fingerprint density at radius 3 is 2.33 bits per heavy atom. The SMILES string of the molecule is CC(C)S(=O)(=O)CC(=O)N(C)Cc1cn(-c2ccccc2)nc1-c1ccc(Cl)cc1. The topological polar surface area (TPSA) is 72.3 Å². The predicted octanol–water partition coefficient (Wildman–Crippen LogP) is 3.97. The summed E-state index contributed by atoms with van der Waals surface area (Å²) in [5, 5.41) is 4.74. The van der Waals surface area contributed by atoms with Crippen LogP contribution in [0.15, 0.2) is 60.8 Å². The minimum absolute atomic E-state index is 0.233. The van der Waals surface area contributed by atoms with Crippen LogP contribution in [0, 0.1) is 0 Å². The molecule has 1 amide bonds. The zero-order valence-electron chi connectivity index (χ0n) is 17.1. The van der Waals surface area contributed by atoms with E-state index in [1.807, 2.05) is 48.7 Å². The van der Waals surface area contributed by atoms with E-state index in [0.29, 0.717) is 10.7 Å². The van der Waals surface area contributed by atoms with E-state index in [2.05, 4.69) is 0 Å². The highest BCUT2D eigenvalue weighted by Crippen LogP contribution is 2.26. The highest BCUT2D eigenvalue weighted by atomic mass is 35.5. The standard InChI is InChI=1S/C22H24ClN3O3S/c1-16(2)30(28,29)15-21(27)25(3)13-18-14-26(20-7-5-4-6-8-20)24-22(18)17-9-11-19(23)12-10-17/h4-12,14,16H,13,15H2,1-3H3. The minimum atomic E-state index is -3.47. The highest BCUT2D eigenvalue weighted by molar-refractivity contribution is 7.92. The highest BCUT2D eigenvalue weighted by Gasteiger charge is 2.24. The number of carbonyl (C=O) groups excluding carboxylic acids is 1. The van der Waals surface area contributed by atoms with Gasteiger partial charge in [0.25, 0.3) is 0 Å². The molecule has 30 heavy (non-hydrogen) atoms. The van der Waals surface area contributed by atoms with Crippen LogP contribution in [0.5, 0.6) is 0 Å². The molecule has 158 valence electrons. The van der Waals surface area contributed by atoms with E-state index in [-0.39, 0.29) is 6.54 Å². The zero-order valence-corrected chi connectivity index (χ0v) is 18.7. The molecular weight excluding hydrogens is 422 g/mol. The van der Waals surface area contributed by atoms with Crippen molar-refractivity contribution in [3.05, 3.63) is 71.4 Å². The van der Waals surface area contributed by atoms with Crippen molar-refractivity contribution in [2.24, 2.45) is 0 Å². The van der Waals surface area contributed by atoms with Gasteiger partial charge in [0.2, 0.25) is 5.91 Å². The van der Waals surface area contributed by atoms with Gasteiger partial charge in [0.05, 0.1) is 16.6 Å². The molecular formula is C22H24ClN3O3S. The molecule has 0 fully saturated rings. The van der Waals surface area contributed by atoms with E-state index in [9.17, 15) is 13.2 Å². The fourth-order valence-electron chi connectivity index (χ4n) is 2.88. The summed E-state index contributed by atoms with van der Waals surface area (Å²) in [5.41, 5.74) is 3.26. The average molecular weight is 446 g/mol. The van der Waals surface area contributed by atoms with Gasteiger partial charge in [0.1, 0.15) is 5.75 Å². The summed E-state index contributed by atoms with van der Waals surface area (Å²) in [4.78, 5) is 14.0. The Morgan fingerprint density at radius 2 is 1.73 bits per heavy atom. The first-order valence-electron chi connectivity index (χ1n) is 9.53. The minimum Gasteiger partial charge on any atom is -0.340 e. The molecule has 0 atom stereocenters. The van der Waals surface area contributed by atoms with Crippen LogP contribution < -0.4 is 0 Å².